The lowest BCUT2D eigenvalue weighted by atomic mass is 9.96. The average Bonchev–Trinajstić information content (AvgIpc) is 2.58. The van der Waals surface area contributed by atoms with Crippen molar-refractivity contribution in [2.75, 3.05) is 0 Å². The summed E-state index contributed by atoms with van der Waals surface area (Å²) in [4.78, 5) is 13.1. The van der Waals surface area contributed by atoms with E-state index in [1.54, 1.807) is 30.3 Å². The fourth-order valence-corrected chi connectivity index (χ4v) is 3.51. The van der Waals surface area contributed by atoms with Gasteiger partial charge in [-0.1, -0.05) is 65.5 Å². The predicted octanol–water partition coefficient (Wildman–Crippen LogP) is 4.98. The van der Waals surface area contributed by atoms with Crippen LogP contribution in [0, 0.1) is 10.8 Å². The molecule has 0 unspecified atom stereocenters. The van der Waals surface area contributed by atoms with E-state index in [-0.39, 0.29) is 50.1 Å². The molecular formula is C17H19Br2ClN4OS2. The smallest absolute Gasteiger partial charge is 0.193 e. The van der Waals surface area contributed by atoms with Crippen LogP contribution in [-0.2, 0) is 11.5 Å². The number of nitrogens with one attached hydrogen (secondary N) is 2. The standard InChI is InChI=1S/C17H17ClN4OS2.2BrH/c18-12-6-5-11(9-25-17(21)22)14(7-12)15(23)13-4-2-1-3-10(13)8-24-16(19)20;;/h1-7H,8-9H2,(H3,19,20)(H3,21,22);2*1H. The second-order valence-corrected chi connectivity index (χ2v) is 7.56. The van der Waals surface area contributed by atoms with Crippen molar-refractivity contribution in [1.29, 1.82) is 10.8 Å². The van der Waals surface area contributed by atoms with E-state index in [1.807, 2.05) is 12.1 Å². The SMILES string of the molecule is Br.Br.N=C(N)SCc1ccccc1C(=O)c1cc(Cl)ccc1CSC(=N)N. The lowest BCUT2D eigenvalue weighted by Gasteiger charge is -2.12. The van der Waals surface area contributed by atoms with Gasteiger partial charge >= 0.3 is 0 Å². The first-order valence-electron chi connectivity index (χ1n) is 7.23. The summed E-state index contributed by atoms with van der Waals surface area (Å²) in [5.41, 5.74) is 13.4. The van der Waals surface area contributed by atoms with Gasteiger partial charge in [-0.05, 0) is 23.3 Å². The molecule has 2 aromatic carbocycles. The third-order valence-electron chi connectivity index (χ3n) is 3.34. The van der Waals surface area contributed by atoms with Crippen LogP contribution in [0.2, 0.25) is 5.02 Å². The second-order valence-electron chi connectivity index (χ2n) is 5.09. The minimum Gasteiger partial charge on any atom is -0.379 e. The minimum atomic E-state index is -0.151. The van der Waals surface area contributed by atoms with E-state index in [0.29, 0.717) is 27.7 Å². The highest BCUT2D eigenvalue weighted by molar-refractivity contribution is 8.93. The normalized spacial score (nSPS) is 9.67. The summed E-state index contributed by atoms with van der Waals surface area (Å²) in [5, 5.41) is 15.2. The number of benzene rings is 2. The van der Waals surface area contributed by atoms with Crippen LogP contribution in [0.5, 0.6) is 0 Å². The van der Waals surface area contributed by atoms with Gasteiger partial charge in [-0.2, -0.15) is 0 Å². The summed E-state index contributed by atoms with van der Waals surface area (Å²) in [7, 11) is 0. The Morgan fingerprint density at radius 1 is 0.889 bits per heavy atom. The molecule has 0 aromatic heterocycles. The molecule has 0 saturated heterocycles. The van der Waals surface area contributed by atoms with Gasteiger partial charge in [-0.3, -0.25) is 15.6 Å². The van der Waals surface area contributed by atoms with Crippen molar-refractivity contribution < 1.29 is 4.79 Å². The lowest BCUT2D eigenvalue weighted by Crippen LogP contribution is -2.10. The summed E-state index contributed by atoms with van der Waals surface area (Å²) in [6, 6.07) is 12.4. The molecule has 5 nitrogen and oxygen atoms in total. The Morgan fingerprint density at radius 3 is 1.96 bits per heavy atom. The summed E-state index contributed by atoms with van der Waals surface area (Å²) >= 11 is 8.40. The molecule has 0 bridgehead atoms. The maximum atomic E-state index is 13.1. The molecule has 0 aliphatic carbocycles. The molecule has 0 radical (unpaired) electrons. The van der Waals surface area contributed by atoms with Crippen molar-refractivity contribution in [1.82, 2.24) is 0 Å². The van der Waals surface area contributed by atoms with Gasteiger partial charge in [0.25, 0.3) is 0 Å². The third-order valence-corrected chi connectivity index (χ3v) is 5.11. The summed E-state index contributed by atoms with van der Waals surface area (Å²) in [6.07, 6.45) is 0. The van der Waals surface area contributed by atoms with Crippen LogP contribution in [0.15, 0.2) is 42.5 Å². The van der Waals surface area contributed by atoms with Crippen molar-refractivity contribution in [3.8, 4) is 0 Å². The largest absolute Gasteiger partial charge is 0.379 e. The van der Waals surface area contributed by atoms with E-state index < -0.39 is 0 Å². The number of hydrogen-bond acceptors (Lipinski definition) is 5. The van der Waals surface area contributed by atoms with Crippen molar-refractivity contribution in [3.63, 3.8) is 0 Å². The van der Waals surface area contributed by atoms with E-state index in [4.69, 9.17) is 33.9 Å². The van der Waals surface area contributed by atoms with Gasteiger partial charge in [-0.25, -0.2) is 0 Å². The Labute approximate surface area is 192 Å². The number of hydrogen-bond donors (Lipinski definition) is 4. The first kappa shape index (κ1) is 26.0. The van der Waals surface area contributed by atoms with E-state index in [0.717, 1.165) is 22.9 Å². The molecular weight excluding hydrogens is 536 g/mol. The highest BCUT2D eigenvalue weighted by Crippen LogP contribution is 2.26. The Kier molecular flexibility index (Phi) is 12.0. The molecule has 10 heteroatoms. The Bertz CT molecular complexity index is 836. The van der Waals surface area contributed by atoms with E-state index in [2.05, 4.69) is 0 Å². The second kappa shape index (κ2) is 12.5. The number of thioether (sulfide) groups is 2. The average molecular weight is 555 g/mol. The van der Waals surface area contributed by atoms with Gasteiger partial charge < -0.3 is 11.5 Å². The quantitative estimate of drug-likeness (QED) is 0.228. The van der Waals surface area contributed by atoms with Crippen molar-refractivity contribution >= 4 is 85.2 Å². The van der Waals surface area contributed by atoms with Gasteiger partial charge in [0, 0.05) is 27.7 Å². The number of ketones is 1. The van der Waals surface area contributed by atoms with Gasteiger partial charge in [0.2, 0.25) is 0 Å². The number of nitrogens with two attached hydrogens (primary N) is 2. The Morgan fingerprint density at radius 2 is 1.41 bits per heavy atom. The van der Waals surface area contributed by atoms with Crippen LogP contribution in [0.1, 0.15) is 27.0 Å². The number of carbonyl (C=O) groups is 1. The fourth-order valence-electron chi connectivity index (χ4n) is 2.21. The Balaban J connectivity index is 0.00000338. The van der Waals surface area contributed by atoms with Crippen LogP contribution in [0.25, 0.3) is 0 Å². The van der Waals surface area contributed by atoms with Crippen molar-refractivity contribution in [2.24, 2.45) is 11.5 Å². The summed E-state index contributed by atoms with van der Waals surface area (Å²) < 4.78 is 0. The topological polar surface area (TPSA) is 117 Å². The van der Waals surface area contributed by atoms with Crippen molar-refractivity contribution in [2.45, 2.75) is 11.5 Å². The van der Waals surface area contributed by atoms with Gasteiger partial charge in [0.1, 0.15) is 0 Å². The third kappa shape index (κ3) is 7.87. The molecule has 0 spiro atoms. The molecule has 2 rings (SSSR count). The Hall–Kier alpha value is -1.00. The number of carbonyl (C=O) groups excluding carboxylic acids is 1. The zero-order valence-corrected chi connectivity index (χ0v) is 19.8. The first-order chi connectivity index (χ1) is 11.9. The van der Waals surface area contributed by atoms with Crippen LogP contribution in [-0.4, -0.2) is 16.1 Å². The van der Waals surface area contributed by atoms with Crippen LogP contribution in [0.3, 0.4) is 0 Å². The van der Waals surface area contributed by atoms with E-state index in [9.17, 15) is 4.79 Å². The molecule has 0 heterocycles. The molecule has 0 atom stereocenters. The molecule has 6 N–H and O–H groups in total. The maximum absolute atomic E-state index is 13.1. The van der Waals surface area contributed by atoms with E-state index in [1.165, 1.54) is 11.8 Å². The van der Waals surface area contributed by atoms with Crippen LogP contribution < -0.4 is 11.5 Å². The van der Waals surface area contributed by atoms with Crippen LogP contribution in [0.4, 0.5) is 0 Å². The predicted molar refractivity (Wildman–Crippen MR) is 128 cm³/mol. The minimum absolute atomic E-state index is 0. The first-order valence-corrected chi connectivity index (χ1v) is 9.58. The van der Waals surface area contributed by atoms with Crippen molar-refractivity contribution in [3.05, 3.63) is 69.7 Å². The number of amidine groups is 2. The molecule has 0 saturated carbocycles. The number of halogens is 3. The number of rotatable bonds is 6. The molecule has 0 aliphatic heterocycles. The fraction of sp³-hybridized carbons (Fsp3) is 0.118. The molecule has 2 aromatic rings. The van der Waals surface area contributed by atoms with Gasteiger partial charge in [0.05, 0.1) is 0 Å². The maximum Gasteiger partial charge on any atom is 0.193 e. The lowest BCUT2D eigenvalue weighted by molar-refractivity contribution is 0.103. The van der Waals surface area contributed by atoms with Gasteiger partial charge in [0.15, 0.2) is 16.1 Å². The monoisotopic (exact) mass is 552 g/mol. The molecule has 146 valence electrons. The summed E-state index contributed by atoms with van der Waals surface area (Å²) in [5.74, 6) is 0.703. The zero-order valence-electron chi connectivity index (χ0n) is 14.0. The zero-order chi connectivity index (χ0) is 18.4. The van der Waals surface area contributed by atoms with E-state index >= 15 is 0 Å². The summed E-state index contributed by atoms with van der Waals surface area (Å²) in [6.45, 7) is 0. The molecule has 0 amide bonds. The molecule has 0 fully saturated rings. The molecule has 0 aliphatic rings. The van der Waals surface area contributed by atoms with Gasteiger partial charge in [-0.15, -0.1) is 34.0 Å². The highest BCUT2D eigenvalue weighted by Gasteiger charge is 2.18. The van der Waals surface area contributed by atoms with Crippen LogP contribution >= 0.6 is 69.1 Å². The highest BCUT2D eigenvalue weighted by atomic mass is 79.9. The molecule has 27 heavy (non-hydrogen) atoms.